The Morgan fingerprint density at radius 2 is 2.30 bits per heavy atom. The van der Waals surface area contributed by atoms with Crippen LogP contribution in [0.3, 0.4) is 0 Å². The molecule has 0 bridgehead atoms. The fourth-order valence-electron chi connectivity index (χ4n) is 2.05. The number of aromatic amines is 1. The number of H-pyrrole nitrogens is 1. The Bertz CT molecular complexity index is 729. The molecular formula is C13H15N5OS. The van der Waals surface area contributed by atoms with Crippen molar-refractivity contribution in [1.82, 2.24) is 14.8 Å². The fourth-order valence-corrected chi connectivity index (χ4v) is 3.20. The third kappa shape index (κ3) is 2.36. The van der Waals surface area contributed by atoms with Crippen LogP contribution in [0.5, 0.6) is 0 Å². The Morgan fingerprint density at radius 1 is 1.55 bits per heavy atom. The second-order valence-electron chi connectivity index (χ2n) is 4.93. The summed E-state index contributed by atoms with van der Waals surface area (Å²) >= 11 is 1.37. The monoisotopic (exact) mass is 289 g/mol. The summed E-state index contributed by atoms with van der Waals surface area (Å²) in [5.74, 6) is 0.0170. The molecule has 1 fully saturated rings. The highest BCUT2D eigenvalue weighted by Gasteiger charge is 2.29. The van der Waals surface area contributed by atoms with Gasteiger partial charge in [-0.1, -0.05) is 6.07 Å². The topological polar surface area (TPSA) is 101 Å². The van der Waals surface area contributed by atoms with E-state index in [1.54, 1.807) is 4.57 Å². The number of nitrogens with one attached hydrogen (secondary N) is 2. The molecule has 0 spiro atoms. The number of nitrogens with two attached hydrogens (primary N) is 1. The molecule has 1 heterocycles. The van der Waals surface area contributed by atoms with Crippen LogP contribution in [0.1, 0.15) is 30.0 Å². The summed E-state index contributed by atoms with van der Waals surface area (Å²) in [6.45, 7) is 1.98. The van der Waals surface area contributed by atoms with E-state index in [9.17, 15) is 4.79 Å². The predicted octanol–water partition coefficient (Wildman–Crippen LogP) is 1.65. The predicted molar refractivity (Wildman–Crippen MR) is 77.4 cm³/mol. The minimum Gasteiger partial charge on any atom is -0.384 e. The molecule has 0 unspecified atom stereocenters. The van der Waals surface area contributed by atoms with Gasteiger partial charge in [-0.2, -0.15) is 0 Å². The number of hydrogen-bond acceptors (Lipinski definition) is 4. The molecule has 4 N–H and O–H groups in total. The van der Waals surface area contributed by atoms with Gasteiger partial charge in [0.1, 0.15) is 5.84 Å². The van der Waals surface area contributed by atoms with Crippen LogP contribution < -0.4 is 11.4 Å². The van der Waals surface area contributed by atoms with Crippen molar-refractivity contribution in [2.75, 3.05) is 0 Å². The van der Waals surface area contributed by atoms with Gasteiger partial charge in [0.25, 0.3) is 0 Å². The zero-order valence-electron chi connectivity index (χ0n) is 11.0. The van der Waals surface area contributed by atoms with Crippen LogP contribution in [0, 0.1) is 12.3 Å². The SMILES string of the molecule is Cc1ccc(C(=N)N)c(Sc2n[nH]c(=O)n2C2CC2)c1. The molecule has 20 heavy (non-hydrogen) atoms. The average Bonchev–Trinajstić information content (AvgIpc) is 3.15. The van der Waals surface area contributed by atoms with Gasteiger partial charge in [0, 0.05) is 16.5 Å². The van der Waals surface area contributed by atoms with E-state index in [4.69, 9.17) is 11.1 Å². The van der Waals surface area contributed by atoms with Crippen molar-refractivity contribution in [2.24, 2.45) is 5.73 Å². The number of nitrogen functional groups attached to an aromatic ring is 1. The van der Waals surface area contributed by atoms with Gasteiger partial charge < -0.3 is 5.73 Å². The van der Waals surface area contributed by atoms with Gasteiger partial charge >= 0.3 is 5.69 Å². The number of aromatic nitrogens is 3. The standard InChI is InChI=1S/C13H15N5OS/c1-7-2-5-9(11(14)15)10(6-7)20-13-17-16-12(19)18(13)8-3-4-8/h2,5-6,8H,3-4H2,1H3,(H3,14,15)(H,16,19). The summed E-state index contributed by atoms with van der Waals surface area (Å²) in [4.78, 5) is 12.6. The molecule has 0 amide bonds. The molecule has 1 aliphatic carbocycles. The van der Waals surface area contributed by atoms with Gasteiger partial charge in [0.15, 0.2) is 5.16 Å². The first-order valence-corrected chi connectivity index (χ1v) is 7.17. The van der Waals surface area contributed by atoms with E-state index < -0.39 is 0 Å². The maximum absolute atomic E-state index is 11.8. The summed E-state index contributed by atoms with van der Waals surface area (Å²) in [7, 11) is 0. The molecule has 0 radical (unpaired) electrons. The fraction of sp³-hybridized carbons (Fsp3) is 0.308. The lowest BCUT2D eigenvalue weighted by molar-refractivity contribution is 0.642. The number of benzene rings is 1. The van der Waals surface area contributed by atoms with E-state index in [-0.39, 0.29) is 17.6 Å². The van der Waals surface area contributed by atoms with Crippen molar-refractivity contribution in [3.8, 4) is 0 Å². The van der Waals surface area contributed by atoms with Crippen molar-refractivity contribution in [3.63, 3.8) is 0 Å². The third-order valence-electron chi connectivity index (χ3n) is 3.21. The van der Waals surface area contributed by atoms with Gasteiger partial charge in [0.2, 0.25) is 0 Å². The Labute approximate surface area is 119 Å². The number of aryl methyl sites for hydroxylation is 1. The van der Waals surface area contributed by atoms with Crippen LogP contribution >= 0.6 is 11.8 Å². The summed E-state index contributed by atoms with van der Waals surface area (Å²) in [6.07, 6.45) is 2.03. The molecule has 0 saturated heterocycles. The van der Waals surface area contributed by atoms with E-state index in [1.165, 1.54) is 11.8 Å². The number of rotatable bonds is 4. The van der Waals surface area contributed by atoms with Gasteiger partial charge in [-0.05, 0) is 49.2 Å². The van der Waals surface area contributed by atoms with Gasteiger partial charge in [-0.3, -0.25) is 9.98 Å². The molecular weight excluding hydrogens is 274 g/mol. The number of hydrogen-bond donors (Lipinski definition) is 3. The summed E-state index contributed by atoms with van der Waals surface area (Å²) in [5, 5.41) is 14.8. The average molecular weight is 289 g/mol. The lowest BCUT2D eigenvalue weighted by Crippen LogP contribution is -2.16. The Kier molecular flexibility index (Phi) is 3.13. The Morgan fingerprint density at radius 3 is 2.95 bits per heavy atom. The van der Waals surface area contributed by atoms with Crippen molar-refractivity contribution in [1.29, 1.82) is 5.41 Å². The second-order valence-corrected chi connectivity index (χ2v) is 5.94. The van der Waals surface area contributed by atoms with Crippen molar-refractivity contribution < 1.29 is 0 Å². The quantitative estimate of drug-likeness (QED) is 0.588. The smallest absolute Gasteiger partial charge is 0.344 e. The van der Waals surface area contributed by atoms with Crippen molar-refractivity contribution >= 4 is 17.6 Å². The van der Waals surface area contributed by atoms with Crippen LogP contribution in [-0.2, 0) is 0 Å². The zero-order valence-corrected chi connectivity index (χ0v) is 11.8. The lowest BCUT2D eigenvalue weighted by atomic mass is 10.1. The first kappa shape index (κ1) is 13.0. The minimum absolute atomic E-state index is 0.0170. The van der Waals surface area contributed by atoms with Gasteiger partial charge in [-0.25, -0.2) is 9.89 Å². The maximum Gasteiger partial charge on any atom is 0.344 e. The molecule has 3 rings (SSSR count). The first-order valence-electron chi connectivity index (χ1n) is 6.36. The van der Waals surface area contributed by atoms with E-state index >= 15 is 0 Å². The largest absolute Gasteiger partial charge is 0.384 e. The molecule has 6 nitrogen and oxygen atoms in total. The highest BCUT2D eigenvalue weighted by atomic mass is 32.2. The van der Waals surface area contributed by atoms with Crippen LogP contribution in [0.15, 0.2) is 33.0 Å². The molecule has 1 aromatic carbocycles. The molecule has 2 aromatic rings. The summed E-state index contributed by atoms with van der Waals surface area (Å²) in [5.41, 5.74) is 7.18. The molecule has 1 aromatic heterocycles. The van der Waals surface area contributed by atoms with Gasteiger partial charge in [0.05, 0.1) is 0 Å². The summed E-state index contributed by atoms with van der Waals surface area (Å²) in [6, 6.07) is 5.96. The van der Waals surface area contributed by atoms with Crippen molar-refractivity contribution in [2.45, 2.75) is 35.9 Å². The molecule has 104 valence electrons. The second kappa shape index (κ2) is 4.82. The highest BCUT2D eigenvalue weighted by molar-refractivity contribution is 7.99. The first-order chi connectivity index (χ1) is 9.56. The Balaban J connectivity index is 2.01. The van der Waals surface area contributed by atoms with Crippen molar-refractivity contribution in [3.05, 3.63) is 39.8 Å². The normalized spacial score (nSPS) is 14.4. The van der Waals surface area contributed by atoms with E-state index in [0.29, 0.717) is 10.7 Å². The van der Waals surface area contributed by atoms with Crippen LogP contribution in [0.2, 0.25) is 0 Å². The molecule has 0 atom stereocenters. The van der Waals surface area contributed by atoms with Crippen LogP contribution in [-0.4, -0.2) is 20.6 Å². The third-order valence-corrected chi connectivity index (χ3v) is 4.24. The van der Waals surface area contributed by atoms with Crippen LogP contribution in [0.4, 0.5) is 0 Å². The molecule has 1 saturated carbocycles. The molecule has 1 aliphatic rings. The number of amidine groups is 1. The van der Waals surface area contributed by atoms with E-state index in [2.05, 4.69) is 10.2 Å². The van der Waals surface area contributed by atoms with E-state index in [1.807, 2.05) is 25.1 Å². The lowest BCUT2D eigenvalue weighted by Gasteiger charge is -2.09. The minimum atomic E-state index is -0.174. The van der Waals surface area contributed by atoms with Gasteiger partial charge in [-0.15, -0.1) is 5.10 Å². The summed E-state index contributed by atoms with van der Waals surface area (Å²) < 4.78 is 1.69. The van der Waals surface area contributed by atoms with Crippen LogP contribution in [0.25, 0.3) is 0 Å². The van der Waals surface area contributed by atoms with E-state index in [0.717, 1.165) is 23.3 Å². The molecule has 0 aliphatic heterocycles. The highest BCUT2D eigenvalue weighted by Crippen LogP contribution is 2.38. The Hall–Kier alpha value is -2.02. The number of nitrogens with zero attached hydrogens (tertiary/aromatic N) is 2. The molecule has 7 heteroatoms. The zero-order chi connectivity index (χ0) is 14.3. The maximum atomic E-state index is 11.8.